The normalized spacial score (nSPS) is 25.5. The van der Waals surface area contributed by atoms with Gasteiger partial charge in [-0.3, -0.25) is 4.79 Å². The summed E-state index contributed by atoms with van der Waals surface area (Å²) in [5, 5.41) is 38.8. The van der Waals surface area contributed by atoms with Crippen molar-refractivity contribution >= 4 is 5.97 Å². The minimum Gasteiger partial charge on any atom is -0.481 e. The molecule has 1 aliphatic heterocycles. The van der Waals surface area contributed by atoms with E-state index in [0.29, 0.717) is 25.7 Å². The molecular formula is C22H34O6. The van der Waals surface area contributed by atoms with Crippen molar-refractivity contribution in [2.45, 2.75) is 82.4 Å². The Balaban J connectivity index is 2.33. The summed E-state index contributed by atoms with van der Waals surface area (Å²) in [6.45, 7) is 2.08. The number of rotatable bonds is 13. The molecule has 158 valence electrons. The first kappa shape index (κ1) is 24.3. The highest BCUT2D eigenvalue weighted by molar-refractivity contribution is 5.66. The molecule has 28 heavy (non-hydrogen) atoms. The van der Waals surface area contributed by atoms with Crippen LogP contribution in [0.4, 0.5) is 0 Å². The van der Waals surface area contributed by atoms with Crippen LogP contribution in [0.1, 0.15) is 51.9 Å². The molecule has 1 saturated heterocycles. The summed E-state index contributed by atoms with van der Waals surface area (Å²) in [6.07, 6.45) is 15.2. The number of carboxylic acid groups (broad SMARTS) is 1. The quantitative estimate of drug-likeness (QED) is 0.358. The molecule has 1 heterocycles. The maximum absolute atomic E-state index is 10.4. The van der Waals surface area contributed by atoms with Gasteiger partial charge in [0.1, 0.15) is 0 Å². The molecule has 0 bridgehead atoms. The Kier molecular flexibility index (Phi) is 12.4. The van der Waals surface area contributed by atoms with Crippen molar-refractivity contribution in [3.63, 3.8) is 0 Å². The Morgan fingerprint density at radius 1 is 1.11 bits per heavy atom. The van der Waals surface area contributed by atoms with Gasteiger partial charge in [0, 0.05) is 12.8 Å². The van der Waals surface area contributed by atoms with Crippen molar-refractivity contribution in [1.29, 1.82) is 0 Å². The molecule has 0 radical (unpaired) electrons. The lowest BCUT2D eigenvalue weighted by atomic mass is 10.0. The Labute approximate surface area is 167 Å². The number of hydrogen-bond donors (Lipinski definition) is 4. The lowest BCUT2D eigenvalue weighted by Crippen LogP contribution is -2.24. The minimum atomic E-state index is -0.901. The number of allylic oxidation sites excluding steroid dienone is 4. The summed E-state index contributed by atoms with van der Waals surface area (Å²) in [7, 11) is 0. The molecule has 0 aliphatic carbocycles. The minimum absolute atomic E-state index is 0.0638. The number of ether oxygens (including phenoxy) is 1. The third-order valence-electron chi connectivity index (χ3n) is 4.44. The fraction of sp³-hybridized carbons (Fsp3) is 0.591. The molecular weight excluding hydrogens is 360 g/mol. The zero-order chi connectivity index (χ0) is 20.8. The molecule has 1 aliphatic rings. The third kappa shape index (κ3) is 10.6. The zero-order valence-corrected chi connectivity index (χ0v) is 16.6. The number of carbonyl (C=O) groups is 1. The monoisotopic (exact) mass is 394 g/mol. The standard InChI is InChI=1S/C22H34O6/c1-2-3-4-5-6-9-12-20-19(25)16-21(28-20)18(24)15-14-17(23)11-8-7-10-13-22(26)27/h3-4,6-9,14-15,17-21,23-25H,2,5,10-13,16H2,1H3,(H,26,27)/b4-3-,8-7-,9-6-,15-14+/t17-,18-,19-,20-,21-/m1/s1. The average molecular weight is 395 g/mol. The maximum Gasteiger partial charge on any atom is 0.303 e. The van der Waals surface area contributed by atoms with Gasteiger partial charge in [0.25, 0.3) is 0 Å². The van der Waals surface area contributed by atoms with Crippen LogP contribution in [0.15, 0.2) is 48.6 Å². The van der Waals surface area contributed by atoms with Crippen molar-refractivity contribution in [3.8, 4) is 0 Å². The van der Waals surface area contributed by atoms with Gasteiger partial charge in [0.15, 0.2) is 0 Å². The van der Waals surface area contributed by atoms with E-state index < -0.39 is 30.4 Å². The number of hydrogen-bond acceptors (Lipinski definition) is 5. The van der Waals surface area contributed by atoms with Crippen LogP contribution in [0, 0.1) is 0 Å². The van der Waals surface area contributed by atoms with Gasteiger partial charge in [-0.25, -0.2) is 0 Å². The lowest BCUT2D eigenvalue weighted by molar-refractivity contribution is -0.136. The van der Waals surface area contributed by atoms with Crippen molar-refractivity contribution in [1.82, 2.24) is 0 Å². The molecule has 0 unspecified atom stereocenters. The predicted molar refractivity (Wildman–Crippen MR) is 109 cm³/mol. The Morgan fingerprint density at radius 2 is 1.86 bits per heavy atom. The number of aliphatic carboxylic acids is 1. The van der Waals surface area contributed by atoms with Crippen LogP contribution in [-0.4, -0.2) is 56.9 Å². The molecule has 0 aromatic carbocycles. The molecule has 5 atom stereocenters. The summed E-state index contributed by atoms with van der Waals surface area (Å²) >= 11 is 0. The van der Waals surface area contributed by atoms with Gasteiger partial charge >= 0.3 is 5.97 Å². The largest absolute Gasteiger partial charge is 0.481 e. The first-order valence-corrected chi connectivity index (χ1v) is 9.98. The van der Waals surface area contributed by atoms with Gasteiger partial charge in [-0.05, 0) is 32.1 Å². The van der Waals surface area contributed by atoms with Crippen molar-refractivity contribution in [2.75, 3.05) is 0 Å². The molecule has 0 aromatic rings. The van der Waals surface area contributed by atoms with E-state index in [1.54, 1.807) is 12.2 Å². The molecule has 4 N–H and O–H groups in total. The highest BCUT2D eigenvalue weighted by Crippen LogP contribution is 2.26. The van der Waals surface area contributed by atoms with Crippen LogP contribution in [-0.2, 0) is 9.53 Å². The highest BCUT2D eigenvalue weighted by atomic mass is 16.5. The van der Waals surface area contributed by atoms with Crippen LogP contribution in [0.3, 0.4) is 0 Å². The Bertz CT molecular complexity index is 551. The van der Waals surface area contributed by atoms with Crippen molar-refractivity contribution in [3.05, 3.63) is 48.6 Å². The van der Waals surface area contributed by atoms with Gasteiger partial charge < -0.3 is 25.2 Å². The number of aliphatic hydroxyl groups is 3. The van der Waals surface area contributed by atoms with E-state index in [0.717, 1.165) is 12.8 Å². The van der Waals surface area contributed by atoms with E-state index >= 15 is 0 Å². The Morgan fingerprint density at radius 3 is 2.57 bits per heavy atom. The van der Waals surface area contributed by atoms with E-state index in [1.807, 2.05) is 12.2 Å². The van der Waals surface area contributed by atoms with Gasteiger partial charge in [-0.15, -0.1) is 0 Å². The predicted octanol–water partition coefficient (Wildman–Crippen LogP) is 2.90. The summed E-state index contributed by atoms with van der Waals surface area (Å²) in [6, 6.07) is 0. The number of aliphatic hydroxyl groups excluding tert-OH is 3. The molecule has 0 spiro atoms. The second-order valence-corrected chi connectivity index (χ2v) is 6.92. The van der Waals surface area contributed by atoms with Gasteiger partial charge in [0.2, 0.25) is 0 Å². The topological polar surface area (TPSA) is 107 Å². The zero-order valence-electron chi connectivity index (χ0n) is 16.6. The maximum atomic E-state index is 10.4. The first-order chi connectivity index (χ1) is 13.4. The van der Waals surface area contributed by atoms with E-state index in [2.05, 4.69) is 19.1 Å². The fourth-order valence-corrected chi connectivity index (χ4v) is 2.87. The summed E-state index contributed by atoms with van der Waals surface area (Å²) < 4.78 is 5.76. The summed E-state index contributed by atoms with van der Waals surface area (Å²) in [4.78, 5) is 10.4. The second-order valence-electron chi connectivity index (χ2n) is 6.92. The Hall–Kier alpha value is -1.73. The van der Waals surface area contributed by atoms with Crippen LogP contribution in [0.2, 0.25) is 0 Å². The van der Waals surface area contributed by atoms with Gasteiger partial charge in [-0.1, -0.05) is 55.5 Å². The van der Waals surface area contributed by atoms with Crippen LogP contribution < -0.4 is 0 Å². The molecule has 0 amide bonds. The highest BCUT2D eigenvalue weighted by Gasteiger charge is 2.36. The van der Waals surface area contributed by atoms with E-state index in [1.165, 1.54) is 12.2 Å². The second kappa shape index (κ2) is 14.3. The van der Waals surface area contributed by atoms with E-state index in [-0.39, 0.29) is 12.5 Å². The van der Waals surface area contributed by atoms with Crippen LogP contribution in [0.5, 0.6) is 0 Å². The summed E-state index contributed by atoms with van der Waals surface area (Å²) in [5.41, 5.74) is 0. The SMILES string of the molecule is CC/C=C\C/C=C\C[C@H]1O[C@@H]([C@H](O)/C=C/[C@H](O)C/C=C\CCC(=O)O)C[C@H]1O. The lowest BCUT2D eigenvalue weighted by Gasteiger charge is -2.16. The smallest absolute Gasteiger partial charge is 0.303 e. The van der Waals surface area contributed by atoms with Gasteiger partial charge in [-0.2, -0.15) is 0 Å². The molecule has 6 nitrogen and oxygen atoms in total. The van der Waals surface area contributed by atoms with E-state index in [4.69, 9.17) is 9.84 Å². The first-order valence-electron chi connectivity index (χ1n) is 9.98. The third-order valence-corrected chi connectivity index (χ3v) is 4.44. The van der Waals surface area contributed by atoms with Gasteiger partial charge in [0.05, 0.1) is 30.5 Å². The van der Waals surface area contributed by atoms with Crippen LogP contribution in [0.25, 0.3) is 0 Å². The molecule has 1 rings (SSSR count). The van der Waals surface area contributed by atoms with E-state index in [9.17, 15) is 20.1 Å². The average Bonchev–Trinajstić information content (AvgIpc) is 3.03. The molecule has 0 aromatic heterocycles. The molecule has 1 fully saturated rings. The molecule has 0 saturated carbocycles. The number of carboxylic acids is 1. The fourth-order valence-electron chi connectivity index (χ4n) is 2.87. The summed E-state index contributed by atoms with van der Waals surface area (Å²) in [5.74, 6) is -0.853. The molecule has 6 heteroatoms. The van der Waals surface area contributed by atoms with Crippen LogP contribution >= 0.6 is 0 Å². The van der Waals surface area contributed by atoms with Crippen molar-refractivity contribution in [2.24, 2.45) is 0 Å². The van der Waals surface area contributed by atoms with Crippen molar-refractivity contribution < 1.29 is 30.0 Å².